The van der Waals surface area contributed by atoms with Crippen LogP contribution in [0.25, 0.3) is 0 Å². The van der Waals surface area contributed by atoms with Gasteiger partial charge in [0.1, 0.15) is 0 Å². The highest BCUT2D eigenvalue weighted by Gasteiger charge is 1.82. The average molecular weight is 107 g/mol. The van der Waals surface area contributed by atoms with Gasteiger partial charge in [0.25, 0.3) is 0 Å². The molecule has 3 heteroatoms. The molecule has 0 spiro atoms. The molecule has 0 amide bonds. The minimum absolute atomic E-state index is 0.178. The third kappa shape index (κ3) is 5.85. The molecule has 0 aliphatic carbocycles. The van der Waals surface area contributed by atoms with Gasteiger partial charge in [-0.05, 0) is 23.9 Å². The lowest BCUT2D eigenvalue weighted by Crippen LogP contribution is -1.99. The predicted molar refractivity (Wildman–Crippen MR) is 25.3 cm³/mol. The zero-order valence-corrected chi connectivity index (χ0v) is 4.19. The number of rotatable bonds is 4. The first-order valence-corrected chi connectivity index (χ1v) is 2.35. The number of hydrogen-bond donors (Lipinski definition) is 1. The summed E-state index contributed by atoms with van der Waals surface area (Å²) < 4.78 is 10.8. The van der Waals surface area contributed by atoms with Gasteiger partial charge in [0.05, 0.1) is 6.61 Å². The molecule has 44 valence electrons. The van der Waals surface area contributed by atoms with Crippen LogP contribution in [-0.2, 0) is 4.94 Å². The van der Waals surface area contributed by atoms with Crippen molar-refractivity contribution in [1.82, 2.24) is 0 Å². The highest BCUT2D eigenvalue weighted by molar-refractivity contribution is 4.35. The second kappa shape index (κ2) is 5.85. The second-order valence-electron chi connectivity index (χ2n) is 1.31. The summed E-state index contributed by atoms with van der Waals surface area (Å²) in [5.74, 6) is 0. The Hall–Kier alpha value is -0.150. The molecule has 0 aliphatic rings. The average Bonchev–Trinajstić information content (AvgIpc) is 1.69. The Bertz CT molecular complexity index is 30.9. The van der Waals surface area contributed by atoms with E-state index >= 15 is 0 Å². The van der Waals surface area contributed by atoms with E-state index in [1.54, 1.807) is 0 Å². The highest BCUT2D eigenvalue weighted by atomic mass is 19.3. The van der Waals surface area contributed by atoms with E-state index in [-0.39, 0.29) is 6.61 Å². The second-order valence-corrected chi connectivity index (χ2v) is 1.31. The molecule has 0 rings (SSSR count). The van der Waals surface area contributed by atoms with E-state index in [9.17, 15) is 4.53 Å². The largest absolute Gasteiger partial charge is 0.330 e. The van der Waals surface area contributed by atoms with E-state index in [0.717, 1.165) is 6.42 Å². The summed E-state index contributed by atoms with van der Waals surface area (Å²) in [5, 5.41) is 0. The van der Waals surface area contributed by atoms with Gasteiger partial charge in [0.2, 0.25) is 0 Å². The van der Waals surface area contributed by atoms with E-state index in [1.165, 1.54) is 0 Å². The molecule has 0 atom stereocenters. The van der Waals surface area contributed by atoms with Crippen molar-refractivity contribution in [2.75, 3.05) is 13.2 Å². The molecule has 2 nitrogen and oxygen atoms in total. The SMILES string of the molecule is NCCCCOF. The third-order valence-electron chi connectivity index (χ3n) is 0.676. The Morgan fingerprint density at radius 3 is 2.57 bits per heavy atom. The lowest BCUT2D eigenvalue weighted by atomic mass is 10.3. The van der Waals surface area contributed by atoms with Gasteiger partial charge in [-0.15, -0.1) is 0 Å². The molecule has 0 saturated heterocycles. The van der Waals surface area contributed by atoms with Crippen LogP contribution in [0, 0.1) is 0 Å². The Labute approximate surface area is 42.4 Å². The Morgan fingerprint density at radius 1 is 1.43 bits per heavy atom. The fraction of sp³-hybridized carbons (Fsp3) is 1.00. The van der Waals surface area contributed by atoms with Crippen molar-refractivity contribution in [3.8, 4) is 0 Å². The van der Waals surface area contributed by atoms with Gasteiger partial charge in [-0.25, -0.2) is 0 Å². The zero-order chi connectivity index (χ0) is 5.54. The molecule has 0 aromatic rings. The molecule has 0 bridgehead atoms. The lowest BCUT2D eigenvalue weighted by molar-refractivity contribution is -0.132. The Balaban J connectivity index is 2.45. The molecule has 0 aromatic heterocycles. The van der Waals surface area contributed by atoms with Crippen LogP contribution in [-0.4, -0.2) is 13.2 Å². The molecule has 0 fully saturated rings. The molecular formula is C4H10FNO. The maximum absolute atomic E-state index is 10.8. The number of hydrogen-bond acceptors (Lipinski definition) is 2. The van der Waals surface area contributed by atoms with Crippen LogP contribution in [0.15, 0.2) is 0 Å². The van der Waals surface area contributed by atoms with E-state index in [1.807, 2.05) is 0 Å². The van der Waals surface area contributed by atoms with Gasteiger partial charge < -0.3 is 5.73 Å². The minimum Gasteiger partial charge on any atom is -0.330 e. The predicted octanol–water partition coefficient (Wildman–Crippen LogP) is 0.626. The van der Waals surface area contributed by atoms with Crippen molar-refractivity contribution < 1.29 is 9.47 Å². The molecule has 0 radical (unpaired) electrons. The Morgan fingerprint density at radius 2 is 2.14 bits per heavy atom. The quantitative estimate of drug-likeness (QED) is 0.535. The van der Waals surface area contributed by atoms with Crippen molar-refractivity contribution in [2.45, 2.75) is 12.8 Å². The van der Waals surface area contributed by atoms with Gasteiger partial charge >= 0.3 is 0 Å². The molecule has 0 unspecified atom stereocenters. The van der Waals surface area contributed by atoms with E-state index < -0.39 is 0 Å². The van der Waals surface area contributed by atoms with E-state index in [2.05, 4.69) is 4.94 Å². The zero-order valence-electron chi connectivity index (χ0n) is 4.19. The first-order chi connectivity index (χ1) is 3.41. The van der Waals surface area contributed by atoms with Crippen LogP contribution in [0.2, 0.25) is 0 Å². The molecule has 0 saturated carbocycles. The van der Waals surface area contributed by atoms with Gasteiger partial charge in [0.15, 0.2) is 0 Å². The highest BCUT2D eigenvalue weighted by Crippen LogP contribution is 1.85. The summed E-state index contributed by atoms with van der Waals surface area (Å²) in [7, 11) is 0. The van der Waals surface area contributed by atoms with Crippen LogP contribution in [0.5, 0.6) is 0 Å². The molecule has 0 heterocycles. The smallest absolute Gasteiger partial charge is 0.0876 e. The van der Waals surface area contributed by atoms with E-state index in [0.29, 0.717) is 13.0 Å². The lowest BCUT2D eigenvalue weighted by Gasteiger charge is -1.89. The number of halogens is 1. The van der Waals surface area contributed by atoms with Crippen molar-refractivity contribution >= 4 is 0 Å². The topological polar surface area (TPSA) is 35.2 Å². The Kier molecular flexibility index (Phi) is 5.72. The summed E-state index contributed by atoms with van der Waals surface area (Å²) in [4.78, 5) is 3.29. The summed E-state index contributed by atoms with van der Waals surface area (Å²) in [6.07, 6.45) is 1.55. The number of unbranched alkanes of at least 4 members (excludes halogenated alkanes) is 1. The van der Waals surface area contributed by atoms with Crippen molar-refractivity contribution in [3.63, 3.8) is 0 Å². The molecule has 2 N–H and O–H groups in total. The normalized spacial score (nSPS) is 9.43. The van der Waals surface area contributed by atoms with Gasteiger partial charge in [-0.1, -0.05) is 0 Å². The summed E-state index contributed by atoms with van der Waals surface area (Å²) in [6.45, 7) is 0.792. The molecule has 7 heavy (non-hydrogen) atoms. The maximum Gasteiger partial charge on any atom is 0.0876 e. The van der Waals surface area contributed by atoms with Crippen LogP contribution >= 0.6 is 0 Å². The monoisotopic (exact) mass is 107 g/mol. The van der Waals surface area contributed by atoms with Gasteiger partial charge in [-0.3, -0.25) is 0 Å². The first-order valence-electron chi connectivity index (χ1n) is 2.35. The third-order valence-corrected chi connectivity index (χ3v) is 0.676. The molecule has 0 aromatic carbocycles. The van der Waals surface area contributed by atoms with Gasteiger partial charge in [0, 0.05) is 0 Å². The maximum atomic E-state index is 10.8. The van der Waals surface area contributed by atoms with Crippen LogP contribution < -0.4 is 5.73 Å². The van der Waals surface area contributed by atoms with E-state index in [4.69, 9.17) is 5.73 Å². The molecular weight excluding hydrogens is 97.0 g/mol. The summed E-state index contributed by atoms with van der Waals surface area (Å²) in [6, 6.07) is 0. The minimum atomic E-state index is 0.178. The fourth-order valence-electron chi connectivity index (χ4n) is 0.301. The van der Waals surface area contributed by atoms with Crippen LogP contribution in [0.1, 0.15) is 12.8 Å². The fourth-order valence-corrected chi connectivity index (χ4v) is 0.301. The first kappa shape index (κ1) is 6.85. The van der Waals surface area contributed by atoms with Gasteiger partial charge in [-0.2, -0.15) is 4.94 Å². The van der Waals surface area contributed by atoms with Crippen molar-refractivity contribution in [1.29, 1.82) is 0 Å². The van der Waals surface area contributed by atoms with Crippen LogP contribution in [0.4, 0.5) is 4.53 Å². The molecule has 0 aliphatic heterocycles. The summed E-state index contributed by atoms with van der Waals surface area (Å²) in [5.41, 5.74) is 5.09. The van der Waals surface area contributed by atoms with Crippen LogP contribution in [0.3, 0.4) is 0 Å². The standard InChI is InChI=1S/C4H10FNO/c5-7-4-2-1-3-6/h1-4,6H2. The number of nitrogens with two attached hydrogens (primary N) is 1. The van der Waals surface area contributed by atoms with Crippen molar-refractivity contribution in [2.24, 2.45) is 5.73 Å². The summed E-state index contributed by atoms with van der Waals surface area (Å²) >= 11 is 0. The van der Waals surface area contributed by atoms with Crippen molar-refractivity contribution in [3.05, 3.63) is 0 Å².